The van der Waals surface area contributed by atoms with Crippen LogP contribution in [0.25, 0.3) is 0 Å². The lowest BCUT2D eigenvalue weighted by Crippen LogP contribution is -2.35. The van der Waals surface area contributed by atoms with Gasteiger partial charge >= 0.3 is 0 Å². The number of hydrogen-bond acceptors (Lipinski definition) is 6. The summed E-state index contributed by atoms with van der Waals surface area (Å²) in [6, 6.07) is 6.89. The zero-order valence-electron chi connectivity index (χ0n) is 19.6. The molecule has 3 aromatic rings. The number of carbonyl (C=O) groups excluding carboxylic acids is 1. The van der Waals surface area contributed by atoms with Crippen LogP contribution >= 0.6 is 34.5 Å². The minimum absolute atomic E-state index is 0.0684. The van der Waals surface area contributed by atoms with E-state index in [-0.39, 0.29) is 18.1 Å². The van der Waals surface area contributed by atoms with Crippen LogP contribution in [0, 0.1) is 0 Å². The Morgan fingerprint density at radius 2 is 1.88 bits per heavy atom. The van der Waals surface area contributed by atoms with Crippen molar-refractivity contribution >= 4 is 40.4 Å². The number of thiazole rings is 1. The molecule has 1 aliphatic heterocycles. The van der Waals surface area contributed by atoms with Crippen molar-refractivity contribution in [2.45, 2.75) is 45.9 Å². The van der Waals surface area contributed by atoms with Crippen molar-refractivity contribution in [2.75, 3.05) is 26.2 Å². The van der Waals surface area contributed by atoms with E-state index in [2.05, 4.69) is 36.1 Å². The van der Waals surface area contributed by atoms with E-state index in [1.165, 1.54) is 0 Å². The summed E-state index contributed by atoms with van der Waals surface area (Å²) in [5.41, 5.74) is 1.57. The number of hydrogen-bond donors (Lipinski definition) is 0. The van der Waals surface area contributed by atoms with Gasteiger partial charge in [0.15, 0.2) is 18.2 Å². The molecule has 10 heteroatoms. The molecule has 1 amide bonds. The smallest absolute Gasteiger partial charge is 0.274 e. The minimum atomic E-state index is -0.0694. The van der Waals surface area contributed by atoms with Crippen molar-refractivity contribution in [3.63, 3.8) is 0 Å². The number of amides is 1. The van der Waals surface area contributed by atoms with Crippen molar-refractivity contribution in [3.05, 3.63) is 62.3 Å². The second-order valence-corrected chi connectivity index (χ2v) is 11.1. The molecule has 0 atom stereocenters. The molecule has 3 heterocycles. The van der Waals surface area contributed by atoms with Gasteiger partial charge in [0.1, 0.15) is 0 Å². The summed E-state index contributed by atoms with van der Waals surface area (Å²) in [5, 5.41) is 8.56. The van der Waals surface area contributed by atoms with Gasteiger partial charge < -0.3 is 9.64 Å². The molecule has 1 aliphatic rings. The third-order valence-corrected chi connectivity index (χ3v) is 7.49. The number of benzene rings is 1. The van der Waals surface area contributed by atoms with Gasteiger partial charge in [0.2, 0.25) is 0 Å². The molecule has 2 aromatic heterocycles. The van der Waals surface area contributed by atoms with Gasteiger partial charge in [-0.15, -0.1) is 11.3 Å². The molecule has 1 aromatic carbocycles. The van der Waals surface area contributed by atoms with Crippen molar-refractivity contribution in [3.8, 4) is 5.75 Å². The maximum Gasteiger partial charge on any atom is 0.274 e. The highest BCUT2D eigenvalue weighted by Gasteiger charge is 2.23. The molecule has 0 radical (unpaired) electrons. The Morgan fingerprint density at radius 3 is 2.59 bits per heavy atom. The molecular weight excluding hydrogens is 493 g/mol. The maximum atomic E-state index is 13.1. The molecule has 0 unspecified atom stereocenters. The lowest BCUT2D eigenvalue weighted by atomic mass is 9.98. The summed E-state index contributed by atoms with van der Waals surface area (Å²) in [6.45, 7) is 10.6. The first kappa shape index (κ1) is 25.0. The second-order valence-electron chi connectivity index (χ2n) is 9.38. The van der Waals surface area contributed by atoms with Crippen LogP contribution in [0.4, 0.5) is 0 Å². The minimum Gasteiger partial charge on any atom is -0.468 e. The van der Waals surface area contributed by atoms with E-state index < -0.39 is 0 Å². The van der Waals surface area contributed by atoms with Crippen LogP contribution in [0.1, 0.15) is 48.4 Å². The van der Waals surface area contributed by atoms with Crippen LogP contribution in [0.5, 0.6) is 5.75 Å². The molecule has 0 bridgehead atoms. The molecule has 1 fully saturated rings. The van der Waals surface area contributed by atoms with E-state index in [4.69, 9.17) is 32.9 Å². The third kappa shape index (κ3) is 6.10. The molecule has 1 saturated heterocycles. The largest absolute Gasteiger partial charge is 0.468 e. The van der Waals surface area contributed by atoms with E-state index in [9.17, 15) is 4.79 Å². The van der Waals surface area contributed by atoms with Crippen molar-refractivity contribution in [1.82, 2.24) is 24.6 Å². The standard InChI is InChI=1S/C24H29Cl2N5O2S/c1-24(2,3)23-27-17(15-34-23)14-29-9-5-10-30(13-12-29)22(32)20-8-11-31(28-20)16-33-21-18(25)6-4-7-19(21)26/h4,6-8,11,15H,5,9-10,12-14,16H2,1-3H3. The molecule has 4 rings (SSSR count). The first-order valence-corrected chi connectivity index (χ1v) is 12.9. The zero-order valence-corrected chi connectivity index (χ0v) is 22.0. The summed E-state index contributed by atoms with van der Waals surface area (Å²) in [5.74, 6) is 0.330. The van der Waals surface area contributed by atoms with Crippen LogP contribution in [0.15, 0.2) is 35.8 Å². The number of ether oxygens (including phenoxy) is 1. The van der Waals surface area contributed by atoms with E-state index in [0.717, 1.165) is 36.8 Å². The molecule has 7 nitrogen and oxygen atoms in total. The maximum absolute atomic E-state index is 13.1. The lowest BCUT2D eigenvalue weighted by Gasteiger charge is -2.21. The Kier molecular flexibility index (Phi) is 7.82. The van der Waals surface area contributed by atoms with Gasteiger partial charge in [0, 0.05) is 49.7 Å². The van der Waals surface area contributed by atoms with Crippen molar-refractivity contribution in [1.29, 1.82) is 0 Å². The normalized spacial score (nSPS) is 15.4. The number of nitrogens with zero attached hydrogens (tertiary/aromatic N) is 5. The van der Waals surface area contributed by atoms with Gasteiger partial charge in [-0.1, -0.05) is 50.0 Å². The summed E-state index contributed by atoms with van der Waals surface area (Å²) in [4.78, 5) is 22.1. The van der Waals surface area contributed by atoms with Gasteiger partial charge in [-0.05, 0) is 24.6 Å². The number of halogens is 2. The number of aromatic nitrogens is 3. The van der Waals surface area contributed by atoms with Gasteiger partial charge in [-0.3, -0.25) is 9.69 Å². The average Bonchev–Trinajstić information content (AvgIpc) is 3.39. The van der Waals surface area contributed by atoms with E-state index in [0.29, 0.717) is 34.6 Å². The van der Waals surface area contributed by atoms with Crippen molar-refractivity contribution < 1.29 is 9.53 Å². The average molecular weight is 523 g/mol. The fourth-order valence-electron chi connectivity index (χ4n) is 3.75. The molecule has 0 N–H and O–H groups in total. The molecule has 0 saturated carbocycles. The monoisotopic (exact) mass is 521 g/mol. The topological polar surface area (TPSA) is 63.5 Å². The van der Waals surface area contributed by atoms with Crippen molar-refractivity contribution in [2.24, 2.45) is 0 Å². The molecule has 34 heavy (non-hydrogen) atoms. The first-order valence-electron chi connectivity index (χ1n) is 11.3. The predicted octanol–water partition coefficient (Wildman–Crippen LogP) is 5.33. The van der Waals surface area contributed by atoms with E-state index in [1.807, 2.05) is 4.90 Å². The van der Waals surface area contributed by atoms with Gasteiger partial charge in [-0.25, -0.2) is 9.67 Å². The zero-order chi connectivity index (χ0) is 24.3. The summed E-state index contributed by atoms with van der Waals surface area (Å²) < 4.78 is 7.27. The number of para-hydroxylation sites is 1. The van der Waals surface area contributed by atoms with Crippen LogP contribution in [0.3, 0.4) is 0 Å². The Bertz CT molecular complexity index is 1120. The van der Waals surface area contributed by atoms with Crippen LogP contribution in [-0.4, -0.2) is 56.7 Å². The van der Waals surface area contributed by atoms with Crippen LogP contribution in [0.2, 0.25) is 10.0 Å². The summed E-state index contributed by atoms with van der Waals surface area (Å²) in [6.07, 6.45) is 2.63. The van der Waals surface area contributed by atoms with Gasteiger partial charge in [0.05, 0.1) is 20.7 Å². The highest BCUT2D eigenvalue weighted by molar-refractivity contribution is 7.09. The number of rotatable bonds is 6. The highest BCUT2D eigenvalue weighted by Crippen LogP contribution is 2.32. The third-order valence-electron chi connectivity index (χ3n) is 5.57. The lowest BCUT2D eigenvalue weighted by molar-refractivity contribution is 0.0753. The van der Waals surface area contributed by atoms with Crippen LogP contribution in [-0.2, 0) is 18.7 Å². The molecule has 182 valence electrons. The molecular formula is C24H29Cl2N5O2S. The quantitative estimate of drug-likeness (QED) is 0.438. The Balaban J connectivity index is 1.31. The first-order chi connectivity index (χ1) is 16.2. The van der Waals surface area contributed by atoms with Gasteiger partial charge in [-0.2, -0.15) is 5.10 Å². The molecule has 0 spiro atoms. The van der Waals surface area contributed by atoms with E-state index >= 15 is 0 Å². The van der Waals surface area contributed by atoms with E-state index in [1.54, 1.807) is 46.5 Å². The predicted molar refractivity (Wildman–Crippen MR) is 136 cm³/mol. The van der Waals surface area contributed by atoms with Crippen LogP contribution < -0.4 is 4.74 Å². The fraction of sp³-hybridized carbons (Fsp3) is 0.458. The summed E-state index contributed by atoms with van der Waals surface area (Å²) in [7, 11) is 0. The van der Waals surface area contributed by atoms with Gasteiger partial charge in [0.25, 0.3) is 5.91 Å². The fourth-order valence-corrected chi connectivity index (χ4v) is 5.15. The Morgan fingerprint density at radius 1 is 1.12 bits per heavy atom. The molecule has 0 aliphatic carbocycles. The number of carbonyl (C=O) groups is 1. The Hall–Kier alpha value is -2.13. The SMILES string of the molecule is CC(C)(C)c1nc(CN2CCCN(C(=O)c3ccn(COc4c(Cl)cccc4Cl)n3)CC2)cs1. The Labute approximate surface area is 214 Å². The summed E-state index contributed by atoms with van der Waals surface area (Å²) >= 11 is 14.0. The second kappa shape index (κ2) is 10.6. The highest BCUT2D eigenvalue weighted by atomic mass is 35.5.